The number of carbonyl (C=O) groups excluding carboxylic acids is 1. The molecule has 182 valence electrons. The molecule has 0 aliphatic carbocycles. The number of anilines is 1. The second kappa shape index (κ2) is 10.7. The van der Waals surface area contributed by atoms with E-state index in [1.165, 1.54) is 6.33 Å². The highest BCUT2D eigenvalue weighted by molar-refractivity contribution is 6.30. The predicted octanol–water partition coefficient (Wildman–Crippen LogP) is 0.967. The SMILES string of the molecule is CN(CCNC(=O)CCc1ccc(Cl)cc1)C[C@H]1O[C@@H](n2cnc3c(N)ccnc32)[C@H](O)[C@@H]1O. The van der Waals surface area contributed by atoms with Crippen LogP contribution in [0.4, 0.5) is 5.69 Å². The normalized spacial score (nSPS) is 22.5. The number of nitrogens with zero attached hydrogens (tertiary/aromatic N) is 4. The molecule has 4 atom stereocenters. The van der Waals surface area contributed by atoms with Gasteiger partial charge in [-0.1, -0.05) is 23.7 Å². The maximum absolute atomic E-state index is 12.1. The van der Waals surface area contributed by atoms with Gasteiger partial charge in [-0.3, -0.25) is 9.36 Å². The molecule has 0 radical (unpaired) electrons. The van der Waals surface area contributed by atoms with Crippen molar-refractivity contribution in [2.45, 2.75) is 37.4 Å². The number of hydrogen-bond acceptors (Lipinski definition) is 8. The molecule has 34 heavy (non-hydrogen) atoms. The van der Waals surface area contributed by atoms with Crippen LogP contribution in [0.5, 0.6) is 0 Å². The lowest BCUT2D eigenvalue weighted by atomic mass is 10.1. The molecule has 11 heteroatoms. The lowest BCUT2D eigenvalue weighted by Crippen LogP contribution is -2.41. The van der Waals surface area contributed by atoms with Crippen molar-refractivity contribution in [1.29, 1.82) is 0 Å². The van der Waals surface area contributed by atoms with Gasteiger partial charge in [-0.2, -0.15) is 0 Å². The maximum atomic E-state index is 12.1. The molecule has 3 aromatic rings. The van der Waals surface area contributed by atoms with Gasteiger partial charge in [0.05, 0.1) is 12.0 Å². The highest BCUT2D eigenvalue weighted by Crippen LogP contribution is 2.32. The molecule has 3 heterocycles. The molecule has 1 aromatic carbocycles. The third-order valence-electron chi connectivity index (χ3n) is 5.96. The van der Waals surface area contributed by atoms with E-state index in [1.807, 2.05) is 36.2 Å². The van der Waals surface area contributed by atoms with E-state index in [4.69, 9.17) is 22.1 Å². The molecule has 1 aliphatic rings. The summed E-state index contributed by atoms with van der Waals surface area (Å²) >= 11 is 5.88. The van der Waals surface area contributed by atoms with Crippen molar-refractivity contribution in [2.75, 3.05) is 32.4 Å². The quantitative estimate of drug-likeness (QED) is 0.349. The van der Waals surface area contributed by atoms with Crippen molar-refractivity contribution >= 4 is 34.4 Å². The van der Waals surface area contributed by atoms with Crippen molar-refractivity contribution in [1.82, 2.24) is 24.8 Å². The Hall–Kier alpha value is -2.76. The third kappa shape index (κ3) is 5.48. The van der Waals surface area contributed by atoms with Crippen LogP contribution in [-0.2, 0) is 16.0 Å². The number of ether oxygens (including phenoxy) is 1. The molecule has 0 saturated carbocycles. The molecule has 4 rings (SSSR count). The number of aliphatic hydroxyl groups excluding tert-OH is 2. The molecule has 1 saturated heterocycles. The van der Waals surface area contributed by atoms with Gasteiger partial charge in [-0.15, -0.1) is 0 Å². The van der Waals surface area contributed by atoms with Crippen molar-refractivity contribution in [2.24, 2.45) is 0 Å². The molecule has 1 fully saturated rings. The Labute approximate surface area is 202 Å². The van der Waals surface area contributed by atoms with Gasteiger partial charge in [-0.05, 0) is 37.2 Å². The Kier molecular flexibility index (Phi) is 7.64. The number of aromatic nitrogens is 3. The number of imidazole rings is 1. The van der Waals surface area contributed by atoms with Crippen LogP contribution in [-0.4, -0.2) is 80.5 Å². The topological polar surface area (TPSA) is 139 Å². The number of carbonyl (C=O) groups is 1. The number of rotatable bonds is 9. The van der Waals surface area contributed by atoms with E-state index in [1.54, 1.807) is 16.8 Å². The zero-order valence-corrected chi connectivity index (χ0v) is 19.6. The van der Waals surface area contributed by atoms with Crippen molar-refractivity contribution < 1.29 is 19.7 Å². The van der Waals surface area contributed by atoms with Crippen LogP contribution in [0.2, 0.25) is 5.02 Å². The van der Waals surface area contributed by atoms with E-state index in [0.29, 0.717) is 54.3 Å². The van der Waals surface area contributed by atoms with Gasteiger partial charge >= 0.3 is 0 Å². The fraction of sp³-hybridized carbons (Fsp3) is 0.435. The van der Waals surface area contributed by atoms with Crippen LogP contribution < -0.4 is 11.1 Å². The number of hydrogen-bond donors (Lipinski definition) is 4. The van der Waals surface area contributed by atoms with E-state index < -0.39 is 24.5 Å². The molecular formula is C23H29ClN6O4. The van der Waals surface area contributed by atoms with E-state index in [0.717, 1.165) is 5.56 Å². The summed E-state index contributed by atoms with van der Waals surface area (Å²) < 4.78 is 7.56. The fourth-order valence-corrected chi connectivity index (χ4v) is 4.16. The predicted molar refractivity (Wildman–Crippen MR) is 128 cm³/mol. The molecule has 0 spiro atoms. The molecule has 5 N–H and O–H groups in total. The minimum Gasteiger partial charge on any atom is -0.397 e. The summed E-state index contributed by atoms with van der Waals surface area (Å²) in [6, 6.07) is 9.10. The van der Waals surface area contributed by atoms with Gasteiger partial charge in [0.25, 0.3) is 0 Å². The molecule has 0 bridgehead atoms. The van der Waals surface area contributed by atoms with Crippen molar-refractivity contribution in [3.8, 4) is 0 Å². The smallest absolute Gasteiger partial charge is 0.220 e. The molecule has 2 aromatic heterocycles. The Balaban J connectivity index is 1.24. The van der Waals surface area contributed by atoms with E-state index in [-0.39, 0.29) is 5.91 Å². The first-order valence-corrected chi connectivity index (χ1v) is 11.5. The number of nitrogen functional groups attached to an aromatic ring is 1. The summed E-state index contributed by atoms with van der Waals surface area (Å²) in [5.74, 6) is -0.0326. The number of likely N-dealkylation sites (N-methyl/N-ethyl adjacent to an activating group) is 1. The van der Waals surface area contributed by atoms with Crippen LogP contribution in [0, 0.1) is 0 Å². The van der Waals surface area contributed by atoms with E-state index in [9.17, 15) is 15.0 Å². The van der Waals surface area contributed by atoms with Gasteiger partial charge in [0.2, 0.25) is 5.91 Å². The van der Waals surface area contributed by atoms with Crippen molar-refractivity contribution in [3.63, 3.8) is 0 Å². The first-order valence-electron chi connectivity index (χ1n) is 11.1. The summed E-state index contributed by atoms with van der Waals surface area (Å²) in [6.07, 6.45) is 0.407. The number of pyridine rings is 1. The highest BCUT2D eigenvalue weighted by Gasteiger charge is 2.44. The second-order valence-corrected chi connectivity index (χ2v) is 8.95. The number of fused-ring (bicyclic) bond motifs is 1. The van der Waals surface area contributed by atoms with E-state index in [2.05, 4.69) is 15.3 Å². The molecule has 1 aliphatic heterocycles. The number of amides is 1. The van der Waals surface area contributed by atoms with Gasteiger partial charge in [-0.25, -0.2) is 9.97 Å². The molecular weight excluding hydrogens is 460 g/mol. The Morgan fingerprint density at radius 3 is 2.76 bits per heavy atom. The highest BCUT2D eigenvalue weighted by atomic mass is 35.5. The first-order chi connectivity index (χ1) is 16.3. The monoisotopic (exact) mass is 488 g/mol. The average molecular weight is 489 g/mol. The van der Waals surface area contributed by atoms with Gasteiger partial charge in [0, 0.05) is 37.3 Å². The van der Waals surface area contributed by atoms with Crippen LogP contribution in [0.1, 0.15) is 18.2 Å². The zero-order chi connectivity index (χ0) is 24.2. The second-order valence-electron chi connectivity index (χ2n) is 8.51. The standard InChI is InChI=1S/C23H29ClN6O4/c1-29(11-10-26-18(31)7-4-14-2-5-15(24)6-3-14)12-17-20(32)21(33)23(34-17)30-13-28-19-16(25)8-9-27-22(19)30/h2-3,5-6,8-9,13,17,20-21,23,32-33H,4,7,10-12H2,1H3,(H2,25,27)(H,26,31)/t17-,20-,21-,23-/m1/s1. The summed E-state index contributed by atoms with van der Waals surface area (Å²) in [6.45, 7) is 1.39. The third-order valence-corrected chi connectivity index (χ3v) is 6.22. The summed E-state index contributed by atoms with van der Waals surface area (Å²) in [4.78, 5) is 22.6. The van der Waals surface area contributed by atoms with Crippen LogP contribution >= 0.6 is 11.6 Å². The molecule has 10 nitrogen and oxygen atoms in total. The minimum atomic E-state index is -1.15. The lowest BCUT2D eigenvalue weighted by molar-refractivity contribution is -0.121. The van der Waals surface area contributed by atoms with Gasteiger partial charge < -0.3 is 30.9 Å². The number of nitrogens with two attached hydrogens (primary N) is 1. The largest absolute Gasteiger partial charge is 0.397 e. The molecule has 0 unspecified atom stereocenters. The van der Waals surface area contributed by atoms with Crippen LogP contribution in [0.25, 0.3) is 11.2 Å². The Bertz CT molecular complexity index is 1120. The number of aliphatic hydroxyl groups is 2. The average Bonchev–Trinajstić information content (AvgIpc) is 3.36. The summed E-state index contributed by atoms with van der Waals surface area (Å²) in [5.41, 5.74) is 8.46. The van der Waals surface area contributed by atoms with E-state index >= 15 is 0 Å². The molecule has 1 amide bonds. The number of benzene rings is 1. The first kappa shape index (κ1) is 24.4. The van der Waals surface area contributed by atoms with Crippen LogP contribution in [0.15, 0.2) is 42.9 Å². The number of nitrogens with one attached hydrogen (secondary N) is 1. The Morgan fingerprint density at radius 1 is 1.24 bits per heavy atom. The van der Waals surface area contributed by atoms with Crippen LogP contribution in [0.3, 0.4) is 0 Å². The van der Waals surface area contributed by atoms with Crippen molar-refractivity contribution in [3.05, 3.63) is 53.4 Å². The van der Waals surface area contributed by atoms with Gasteiger partial charge in [0.1, 0.15) is 23.8 Å². The zero-order valence-electron chi connectivity index (χ0n) is 18.8. The lowest BCUT2D eigenvalue weighted by Gasteiger charge is -2.22. The summed E-state index contributed by atoms with van der Waals surface area (Å²) in [7, 11) is 1.87. The number of aryl methyl sites for hydroxylation is 1. The Morgan fingerprint density at radius 2 is 2.00 bits per heavy atom. The fourth-order valence-electron chi connectivity index (χ4n) is 4.03. The minimum absolute atomic E-state index is 0.0326. The maximum Gasteiger partial charge on any atom is 0.220 e. The van der Waals surface area contributed by atoms with Gasteiger partial charge in [0.15, 0.2) is 11.9 Å². The summed E-state index contributed by atoms with van der Waals surface area (Å²) in [5, 5.41) is 24.7. The number of halogens is 1.